The van der Waals surface area contributed by atoms with Crippen LogP contribution in [0.15, 0.2) is 24.3 Å². The van der Waals surface area contributed by atoms with Gasteiger partial charge in [-0.25, -0.2) is 4.39 Å². The van der Waals surface area contributed by atoms with Crippen molar-refractivity contribution in [2.24, 2.45) is 0 Å². The normalized spacial score (nSPS) is 10.0. The molecule has 0 aliphatic carbocycles. The Morgan fingerprint density at radius 3 is 2.42 bits per heavy atom. The summed E-state index contributed by atoms with van der Waals surface area (Å²) in [5.41, 5.74) is 0.506. The molecule has 2 amide bonds. The molecule has 4 nitrogen and oxygen atoms in total. The number of benzene rings is 1. The Morgan fingerprint density at radius 2 is 1.79 bits per heavy atom. The van der Waals surface area contributed by atoms with Gasteiger partial charge in [0.2, 0.25) is 11.8 Å². The van der Waals surface area contributed by atoms with E-state index >= 15 is 0 Å². The zero-order chi connectivity index (χ0) is 14.1. The Bertz CT molecular complexity index is 418. The van der Waals surface area contributed by atoms with E-state index in [0.29, 0.717) is 12.1 Å². The lowest BCUT2D eigenvalue weighted by molar-refractivity contribution is -0.124. The van der Waals surface area contributed by atoms with E-state index in [9.17, 15) is 14.0 Å². The maximum Gasteiger partial charge on any atom is 0.243 e. The van der Waals surface area contributed by atoms with Gasteiger partial charge in [-0.1, -0.05) is 19.8 Å². The number of anilines is 1. The van der Waals surface area contributed by atoms with Gasteiger partial charge in [-0.15, -0.1) is 0 Å². The Hall–Kier alpha value is -1.91. The van der Waals surface area contributed by atoms with E-state index in [0.717, 1.165) is 19.3 Å². The molecule has 0 heterocycles. The topological polar surface area (TPSA) is 58.2 Å². The summed E-state index contributed by atoms with van der Waals surface area (Å²) in [5, 5.41) is 5.12. The van der Waals surface area contributed by atoms with Crippen LogP contribution in [-0.4, -0.2) is 18.4 Å². The van der Waals surface area contributed by atoms with Crippen molar-refractivity contribution in [2.75, 3.05) is 11.9 Å². The van der Waals surface area contributed by atoms with Gasteiger partial charge in [0.05, 0.1) is 6.54 Å². The number of nitrogens with one attached hydrogen (secondary N) is 2. The van der Waals surface area contributed by atoms with Crippen molar-refractivity contribution in [1.82, 2.24) is 5.32 Å². The quantitative estimate of drug-likeness (QED) is 0.745. The Morgan fingerprint density at radius 1 is 1.11 bits per heavy atom. The molecule has 1 rings (SSSR count). The van der Waals surface area contributed by atoms with E-state index in [4.69, 9.17) is 0 Å². The van der Waals surface area contributed by atoms with Crippen molar-refractivity contribution in [1.29, 1.82) is 0 Å². The molecule has 104 valence electrons. The van der Waals surface area contributed by atoms with Crippen LogP contribution in [-0.2, 0) is 9.59 Å². The predicted molar refractivity (Wildman–Crippen MR) is 72.2 cm³/mol. The molecular weight excluding hydrogens is 247 g/mol. The van der Waals surface area contributed by atoms with Gasteiger partial charge >= 0.3 is 0 Å². The number of unbranched alkanes of at least 4 members (excludes halogenated alkanes) is 2. The summed E-state index contributed by atoms with van der Waals surface area (Å²) in [5.74, 6) is -0.805. The minimum atomic E-state index is -0.359. The molecule has 0 aliphatic heterocycles. The van der Waals surface area contributed by atoms with Crippen LogP contribution in [0.25, 0.3) is 0 Å². The fourth-order valence-electron chi connectivity index (χ4n) is 1.54. The Labute approximate surface area is 112 Å². The first-order valence-electron chi connectivity index (χ1n) is 6.44. The lowest BCUT2D eigenvalue weighted by Gasteiger charge is -2.06. The van der Waals surface area contributed by atoms with Gasteiger partial charge in [0, 0.05) is 12.1 Å². The summed E-state index contributed by atoms with van der Waals surface area (Å²) < 4.78 is 12.7. The van der Waals surface area contributed by atoms with Crippen molar-refractivity contribution >= 4 is 17.5 Å². The first-order chi connectivity index (χ1) is 9.11. The number of hydrogen-bond donors (Lipinski definition) is 2. The van der Waals surface area contributed by atoms with Gasteiger partial charge in [0.1, 0.15) is 5.82 Å². The van der Waals surface area contributed by atoms with Crippen molar-refractivity contribution in [3.63, 3.8) is 0 Å². The van der Waals surface area contributed by atoms with Crippen LogP contribution in [0.4, 0.5) is 10.1 Å². The fraction of sp³-hybridized carbons (Fsp3) is 0.429. The number of amides is 2. The van der Waals surface area contributed by atoms with Gasteiger partial charge in [-0.2, -0.15) is 0 Å². The van der Waals surface area contributed by atoms with Crippen LogP contribution < -0.4 is 10.6 Å². The van der Waals surface area contributed by atoms with E-state index in [1.165, 1.54) is 24.3 Å². The van der Waals surface area contributed by atoms with E-state index in [2.05, 4.69) is 17.6 Å². The van der Waals surface area contributed by atoms with Gasteiger partial charge in [-0.05, 0) is 30.7 Å². The average molecular weight is 266 g/mol. The predicted octanol–water partition coefficient (Wildman–Crippen LogP) is 2.46. The first kappa shape index (κ1) is 15.1. The highest BCUT2D eigenvalue weighted by Crippen LogP contribution is 2.07. The number of carbonyl (C=O) groups is 2. The van der Waals surface area contributed by atoms with Crippen molar-refractivity contribution < 1.29 is 14.0 Å². The minimum Gasteiger partial charge on any atom is -0.347 e. The molecule has 0 bridgehead atoms. The molecule has 0 unspecified atom stereocenters. The number of halogens is 1. The van der Waals surface area contributed by atoms with Crippen LogP contribution >= 0.6 is 0 Å². The van der Waals surface area contributed by atoms with E-state index in [1.807, 2.05) is 0 Å². The lowest BCUT2D eigenvalue weighted by Crippen LogP contribution is -2.32. The molecule has 2 N–H and O–H groups in total. The summed E-state index contributed by atoms with van der Waals surface area (Å²) in [6.07, 6.45) is 3.34. The zero-order valence-electron chi connectivity index (χ0n) is 11.0. The van der Waals surface area contributed by atoms with Crippen LogP contribution in [0.2, 0.25) is 0 Å². The molecule has 0 radical (unpaired) electrons. The molecule has 0 saturated carbocycles. The molecule has 0 fully saturated rings. The molecule has 0 atom stereocenters. The maximum atomic E-state index is 12.7. The minimum absolute atomic E-state index is 0.0671. The Kier molecular flexibility index (Phi) is 6.57. The third-order valence-corrected chi connectivity index (χ3v) is 2.58. The largest absolute Gasteiger partial charge is 0.347 e. The number of rotatable bonds is 7. The SMILES string of the molecule is CCCCCC(=O)NCC(=O)Nc1ccc(F)cc1. The highest BCUT2D eigenvalue weighted by molar-refractivity contribution is 5.94. The first-order valence-corrected chi connectivity index (χ1v) is 6.44. The second-order valence-electron chi connectivity index (χ2n) is 4.29. The molecule has 1 aromatic carbocycles. The molecule has 0 aliphatic rings. The number of hydrogen-bond acceptors (Lipinski definition) is 2. The summed E-state index contributed by atoms with van der Waals surface area (Å²) in [4.78, 5) is 22.9. The molecular formula is C14H19FN2O2. The third kappa shape index (κ3) is 6.55. The third-order valence-electron chi connectivity index (χ3n) is 2.58. The van der Waals surface area contributed by atoms with Crippen molar-refractivity contribution in [3.05, 3.63) is 30.1 Å². The summed E-state index contributed by atoms with van der Waals surface area (Å²) >= 11 is 0. The fourth-order valence-corrected chi connectivity index (χ4v) is 1.54. The smallest absolute Gasteiger partial charge is 0.243 e. The summed E-state index contributed by atoms with van der Waals surface area (Å²) in [7, 11) is 0. The van der Waals surface area contributed by atoms with Gasteiger partial charge in [-0.3, -0.25) is 9.59 Å². The molecule has 0 saturated heterocycles. The number of carbonyl (C=O) groups excluding carboxylic acids is 2. The highest BCUT2D eigenvalue weighted by Gasteiger charge is 2.05. The second kappa shape index (κ2) is 8.24. The van der Waals surface area contributed by atoms with Crippen LogP contribution in [0.5, 0.6) is 0 Å². The summed E-state index contributed by atoms with van der Waals surface area (Å²) in [6, 6.07) is 5.46. The summed E-state index contributed by atoms with van der Waals surface area (Å²) in [6.45, 7) is 2.00. The Balaban J connectivity index is 2.24. The molecule has 0 aromatic heterocycles. The molecule has 5 heteroatoms. The van der Waals surface area contributed by atoms with Crippen molar-refractivity contribution in [3.8, 4) is 0 Å². The monoisotopic (exact) mass is 266 g/mol. The van der Waals surface area contributed by atoms with Crippen LogP contribution in [0, 0.1) is 5.82 Å². The van der Waals surface area contributed by atoms with Gasteiger partial charge < -0.3 is 10.6 Å². The highest BCUT2D eigenvalue weighted by atomic mass is 19.1. The molecule has 0 spiro atoms. The van der Waals surface area contributed by atoms with E-state index in [-0.39, 0.29) is 24.2 Å². The van der Waals surface area contributed by atoms with Gasteiger partial charge in [0.15, 0.2) is 0 Å². The van der Waals surface area contributed by atoms with Crippen LogP contribution in [0.3, 0.4) is 0 Å². The molecule has 1 aromatic rings. The van der Waals surface area contributed by atoms with Crippen molar-refractivity contribution in [2.45, 2.75) is 32.6 Å². The maximum absolute atomic E-state index is 12.7. The van der Waals surface area contributed by atoms with E-state index < -0.39 is 0 Å². The molecule has 19 heavy (non-hydrogen) atoms. The van der Waals surface area contributed by atoms with E-state index in [1.54, 1.807) is 0 Å². The van der Waals surface area contributed by atoms with Crippen LogP contribution in [0.1, 0.15) is 32.6 Å². The zero-order valence-corrected chi connectivity index (χ0v) is 11.0. The lowest BCUT2D eigenvalue weighted by atomic mass is 10.2. The standard InChI is InChI=1S/C14H19FN2O2/c1-2-3-4-5-13(18)16-10-14(19)17-12-8-6-11(15)7-9-12/h6-9H,2-5,10H2,1H3,(H,16,18)(H,17,19). The average Bonchev–Trinajstić information content (AvgIpc) is 2.39. The van der Waals surface area contributed by atoms with Gasteiger partial charge in [0.25, 0.3) is 0 Å². The second-order valence-corrected chi connectivity index (χ2v) is 4.29.